The van der Waals surface area contributed by atoms with Crippen LogP contribution in [-0.2, 0) is 0 Å². The Hall–Kier alpha value is -0.0400. The van der Waals surface area contributed by atoms with Gasteiger partial charge in [-0.25, -0.2) is 0 Å². The molecule has 0 unspecified atom stereocenters. The summed E-state index contributed by atoms with van der Waals surface area (Å²) in [6.07, 6.45) is 12.3. The van der Waals surface area contributed by atoms with Gasteiger partial charge in [0.2, 0.25) is 0 Å². The smallest absolute Gasteiger partial charge is 0.00148 e. The first-order valence-corrected chi connectivity index (χ1v) is 8.07. The molecule has 0 aromatic rings. The molecule has 0 N–H and O–H groups in total. The van der Waals surface area contributed by atoms with Crippen LogP contribution in [0.5, 0.6) is 0 Å². The summed E-state index contributed by atoms with van der Waals surface area (Å²) in [4.78, 5) is 0. The maximum absolute atomic E-state index is 3.81. The van der Waals surface area contributed by atoms with Crippen molar-refractivity contribution in [3.8, 4) is 0 Å². The van der Waals surface area contributed by atoms with Crippen LogP contribution in [0.4, 0.5) is 0 Å². The van der Waals surface area contributed by atoms with Crippen molar-refractivity contribution >= 4 is 15.9 Å². The molecular formula is C16H29Br. The predicted octanol–water partition coefficient (Wildman–Crippen LogP) is 6.76. The molecule has 0 radical (unpaired) electrons. The van der Waals surface area contributed by atoms with Crippen LogP contribution in [-0.4, -0.2) is 0 Å². The van der Waals surface area contributed by atoms with Crippen LogP contribution in [0.2, 0.25) is 0 Å². The molecule has 100 valence electrons. The highest BCUT2D eigenvalue weighted by molar-refractivity contribution is 9.11. The van der Waals surface area contributed by atoms with Gasteiger partial charge in [0.15, 0.2) is 0 Å². The molecule has 0 aliphatic carbocycles. The SMILES string of the molecule is CCCC=C(CCC)/C(CCC)=C(\Br)CCC. The lowest BCUT2D eigenvalue weighted by molar-refractivity contribution is 0.822. The summed E-state index contributed by atoms with van der Waals surface area (Å²) < 4.78 is 1.44. The fraction of sp³-hybridized carbons (Fsp3) is 0.750. The molecule has 0 atom stereocenters. The van der Waals surface area contributed by atoms with E-state index in [0.29, 0.717) is 0 Å². The first-order valence-electron chi connectivity index (χ1n) is 7.27. The third-order valence-electron chi connectivity index (χ3n) is 2.88. The Kier molecular flexibility index (Phi) is 11.0. The fourth-order valence-electron chi connectivity index (χ4n) is 2.05. The van der Waals surface area contributed by atoms with Crippen molar-refractivity contribution < 1.29 is 0 Å². The largest absolute Gasteiger partial charge is 0.0810 e. The van der Waals surface area contributed by atoms with Crippen LogP contribution >= 0.6 is 15.9 Å². The molecule has 0 bridgehead atoms. The summed E-state index contributed by atoms with van der Waals surface area (Å²) >= 11 is 3.81. The van der Waals surface area contributed by atoms with Gasteiger partial charge in [0, 0.05) is 0 Å². The second kappa shape index (κ2) is 11.1. The van der Waals surface area contributed by atoms with Gasteiger partial charge in [0.25, 0.3) is 0 Å². The van der Waals surface area contributed by atoms with E-state index in [0.717, 1.165) is 0 Å². The highest BCUT2D eigenvalue weighted by Gasteiger charge is 2.08. The van der Waals surface area contributed by atoms with E-state index in [2.05, 4.69) is 49.7 Å². The Morgan fingerprint density at radius 3 is 1.88 bits per heavy atom. The Bertz CT molecular complexity index is 248. The molecule has 0 amide bonds. The first kappa shape index (κ1) is 17.0. The van der Waals surface area contributed by atoms with Gasteiger partial charge in [-0.05, 0) is 41.3 Å². The molecule has 0 rings (SSSR count). The van der Waals surface area contributed by atoms with Crippen molar-refractivity contribution in [1.82, 2.24) is 0 Å². The van der Waals surface area contributed by atoms with Gasteiger partial charge < -0.3 is 0 Å². The Morgan fingerprint density at radius 1 is 0.824 bits per heavy atom. The number of unbranched alkanes of at least 4 members (excludes halogenated alkanes) is 1. The van der Waals surface area contributed by atoms with Crippen molar-refractivity contribution in [3.63, 3.8) is 0 Å². The molecule has 0 heterocycles. The van der Waals surface area contributed by atoms with Crippen LogP contribution in [0.15, 0.2) is 21.7 Å². The fourth-order valence-corrected chi connectivity index (χ4v) is 2.90. The topological polar surface area (TPSA) is 0 Å². The summed E-state index contributed by atoms with van der Waals surface area (Å²) in [5.74, 6) is 0. The molecule has 0 saturated heterocycles. The molecule has 0 saturated carbocycles. The van der Waals surface area contributed by atoms with Crippen molar-refractivity contribution in [1.29, 1.82) is 0 Å². The monoisotopic (exact) mass is 300 g/mol. The highest BCUT2D eigenvalue weighted by Crippen LogP contribution is 2.30. The van der Waals surface area contributed by atoms with Gasteiger partial charge >= 0.3 is 0 Å². The van der Waals surface area contributed by atoms with E-state index in [1.165, 1.54) is 55.8 Å². The molecule has 0 fully saturated rings. The molecular weight excluding hydrogens is 272 g/mol. The lowest BCUT2D eigenvalue weighted by atomic mass is 9.95. The summed E-state index contributed by atoms with van der Waals surface area (Å²) in [5.41, 5.74) is 3.18. The van der Waals surface area contributed by atoms with Gasteiger partial charge in [-0.15, -0.1) is 0 Å². The number of allylic oxidation sites excluding steroid dienone is 4. The Labute approximate surface area is 117 Å². The van der Waals surface area contributed by atoms with E-state index >= 15 is 0 Å². The van der Waals surface area contributed by atoms with Crippen LogP contribution in [0.3, 0.4) is 0 Å². The summed E-state index contributed by atoms with van der Waals surface area (Å²) in [6.45, 7) is 9.05. The zero-order valence-corrected chi connectivity index (χ0v) is 13.7. The lowest BCUT2D eigenvalue weighted by Crippen LogP contribution is -1.94. The van der Waals surface area contributed by atoms with Gasteiger partial charge in [-0.3, -0.25) is 0 Å². The van der Waals surface area contributed by atoms with E-state index in [1.54, 1.807) is 11.1 Å². The van der Waals surface area contributed by atoms with E-state index in [-0.39, 0.29) is 0 Å². The van der Waals surface area contributed by atoms with Crippen molar-refractivity contribution in [3.05, 3.63) is 21.7 Å². The van der Waals surface area contributed by atoms with E-state index < -0.39 is 0 Å². The minimum atomic E-state index is 1.18. The zero-order valence-electron chi connectivity index (χ0n) is 12.1. The van der Waals surface area contributed by atoms with Gasteiger partial charge in [-0.2, -0.15) is 0 Å². The predicted molar refractivity (Wildman–Crippen MR) is 83.7 cm³/mol. The molecule has 0 aliphatic heterocycles. The highest BCUT2D eigenvalue weighted by atomic mass is 79.9. The lowest BCUT2D eigenvalue weighted by Gasteiger charge is -2.14. The van der Waals surface area contributed by atoms with Crippen molar-refractivity contribution in [2.45, 2.75) is 79.1 Å². The van der Waals surface area contributed by atoms with Crippen LogP contribution < -0.4 is 0 Å². The third-order valence-corrected chi connectivity index (χ3v) is 3.76. The standard InChI is InChI=1S/C16H29Br/c1-5-9-13-14(10-6-2)15(11-7-3)16(17)12-8-4/h13H,5-12H2,1-4H3/b14-13?,16-15-. The number of rotatable bonds is 9. The molecule has 0 aromatic heterocycles. The minimum absolute atomic E-state index is 1.18. The first-order chi connectivity index (χ1) is 8.21. The van der Waals surface area contributed by atoms with Crippen LogP contribution in [0.1, 0.15) is 79.1 Å². The molecule has 0 aromatic carbocycles. The number of hydrogen-bond donors (Lipinski definition) is 0. The molecule has 0 nitrogen and oxygen atoms in total. The summed E-state index contributed by atoms with van der Waals surface area (Å²) in [6, 6.07) is 0. The molecule has 1 heteroatoms. The van der Waals surface area contributed by atoms with Gasteiger partial charge in [0.1, 0.15) is 0 Å². The second-order valence-corrected chi connectivity index (χ2v) is 5.61. The Balaban J connectivity index is 5.00. The quantitative estimate of drug-likeness (QED) is 0.413. The second-order valence-electron chi connectivity index (χ2n) is 4.65. The molecule has 0 aliphatic rings. The van der Waals surface area contributed by atoms with E-state index in [1.807, 2.05) is 0 Å². The maximum atomic E-state index is 3.81. The average molecular weight is 301 g/mol. The van der Waals surface area contributed by atoms with E-state index in [4.69, 9.17) is 0 Å². The summed E-state index contributed by atoms with van der Waals surface area (Å²) in [5, 5.41) is 0. The molecule has 0 spiro atoms. The number of hydrogen-bond acceptors (Lipinski definition) is 0. The minimum Gasteiger partial charge on any atom is -0.0810 e. The normalized spacial score (nSPS) is 13.8. The van der Waals surface area contributed by atoms with E-state index in [9.17, 15) is 0 Å². The van der Waals surface area contributed by atoms with Crippen molar-refractivity contribution in [2.24, 2.45) is 0 Å². The van der Waals surface area contributed by atoms with Gasteiger partial charge in [-0.1, -0.05) is 75.4 Å². The Morgan fingerprint density at radius 2 is 1.41 bits per heavy atom. The van der Waals surface area contributed by atoms with Gasteiger partial charge in [0.05, 0.1) is 0 Å². The average Bonchev–Trinajstić information content (AvgIpc) is 2.32. The van der Waals surface area contributed by atoms with Crippen molar-refractivity contribution in [2.75, 3.05) is 0 Å². The summed E-state index contributed by atoms with van der Waals surface area (Å²) in [7, 11) is 0. The van der Waals surface area contributed by atoms with Crippen LogP contribution in [0, 0.1) is 0 Å². The third kappa shape index (κ3) is 7.08. The maximum Gasteiger partial charge on any atom is -0.00148 e. The zero-order chi connectivity index (χ0) is 13.1. The molecule has 17 heavy (non-hydrogen) atoms. The van der Waals surface area contributed by atoms with Crippen LogP contribution in [0.25, 0.3) is 0 Å². The number of halogens is 1.